The SMILES string of the molecule is CC(=O)Oc1cc(C(F)(F)F)ccc1CCC(=O)[O-]. The molecule has 104 valence electrons. The van der Waals surface area contributed by atoms with Gasteiger partial charge in [0.15, 0.2) is 0 Å². The van der Waals surface area contributed by atoms with Crippen LogP contribution in [0.3, 0.4) is 0 Å². The maximum absolute atomic E-state index is 12.5. The number of aryl methyl sites for hydroxylation is 1. The summed E-state index contributed by atoms with van der Waals surface area (Å²) < 4.78 is 42.2. The lowest BCUT2D eigenvalue weighted by molar-refractivity contribution is -0.305. The number of carboxylic acids is 1. The van der Waals surface area contributed by atoms with Gasteiger partial charge in [-0.3, -0.25) is 4.79 Å². The van der Waals surface area contributed by atoms with Gasteiger partial charge in [-0.05, 0) is 30.5 Å². The van der Waals surface area contributed by atoms with E-state index in [4.69, 9.17) is 0 Å². The van der Waals surface area contributed by atoms with Gasteiger partial charge in [0, 0.05) is 12.9 Å². The van der Waals surface area contributed by atoms with Gasteiger partial charge in [-0.1, -0.05) is 6.07 Å². The summed E-state index contributed by atoms with van der Waals surface area (Å²) in [4.78, 5) is 21.2. The molecule has 4 nitrogen and oxygen atoms in total. The average molecular weight is 275 g/mol. The van der Waals surface area contributed by atoms with Crippen LogP contribution < -0.4 is 9.84 Å². The van der Waals surface area contributed by atoms with Gasteiger partial charge in [0.05, 0.1) is 5.56 Å². The van der Waals surface area contributed by atoms with E-state index in [1.165, 1.54) is 0 Å². The summed E-state index contributed by atoms with van der Waals surface area (Å²) in [5.41, 5.74) is -0.770. The highest BCUT2D eigenvalue weighted by Gasteiger charge is 2.31. The van der Waals surface area contributed by atoms with E-state index in [1.54, 1.807) is 0 Å². The predicted molar refractivity (Wildman–Crippen MR) is 56.1 cm³/mol. The first kappa shape index (κ1) is 15.0. The predicted octanol–water partition coefficient (Wildman–Crippen LogP) is 1.31. The number of alkyl halides is 3. The molecule has 0 aliphatic carbocycles. The van der Waals surface area contributed by atoms with Gasteiger partial charge >= 0.3 is 12.1 Å². The fraction of sp³-hybridized carbons (Fsp3) is 0.333. The van der Waals surface area contributed by atoms with Gasteiger partial charge in [0.1, 0.15) is 5.75 Å². The molecule has 0 atom stereocenters. The van der Waals surface area contributed by atoms with Crippen molar-refractivity contribution in [1.82, 2.24) is 0 Å². The molecule has 1 aromatic rings. The van der Waals surface area contributed by atoms with Gasteiger partial charge in [0.2, 0.25) is 0 Å². The second-order valence-corrected chi connectivity index (χ2v) is 3.79. The Labute approximate surface area is 106 Å². The fourth-order valence-corrected chi connectivity index (χ4v) is 1.42. The van der Waals surface area contributed by atoms with Gasteiger partial charge in [-0.2, -0.15) is 13.2 Å². The number of carbonyl (C=O) groups is 2. The van der Waals surface area contributed by atoms with Crippen LogP contribution in [0.5, 0.6) is 5.75 Å². The van der Waals surface area contributed by atoms with Crippen LogP contribution in [0.4, 0.5) is 13.2 Å². The minimum absolute atomic E-state index is 0.0803. The van der Waals surface area contributed by atoms with E-state index in [2.05, 4.69) is 4.74 Å². The summed E-state index contributed by atoms with van der Waals surface area (Å²) in [5, 5.41) is 10.3. The highest BCUT2D eigenvalue weighted by atomic mass is 19.4. The summed E-state index contributed by atoms with van der Waals surface area (Å²) in [7, 11) is 0. The molecule has 0 spiro atoms. The third kappa shape index (κ3) is 4.61. The second-order valence-electron chi connectivity index (χ2n) is 3.79. The minimum atomic E-state index is -4.57. The lowest BCUT2D eigenvalue weighted by Crippen LogP contribution is -2.22. The molecule has 0 fully saturated rings. The van der Waals surface area contributed by atoms with Crippen molar-refractivity contribution in [2.24, 2.45) is 0 Å². The summed E-state index contributed by atoms with van der Waals surface area (Å²) in [6, 6.07) is 2.56. The third-order valence-corrected chi connectivity index (χ3v) is 2.25. The first-order chi connectivity index (χ1) is 8.70. The molecule has 0 N–H and O–H groups in total. The monoisotopic (exact) mass is 275 g/mol. The van der Waals surface area contributed by atoms with Gasteiger partial charge in [0.25, 0.3) is 0 Å². The van der Waals surface area contributed by atoms with Crippen LogP contribution in [-0.2, 0) is 22.2 Å². The summed E-state index contributed by atoms with van der Waals surface area (Å²) in [6.45, 7) is 1.04. The fourth-order valence-electron chi connectivity index (χ4n) is 1.42. The minimum Gasteiger partial charge on any atom is -0.550 e. The Balaban J connectivity index is 3.09. The molecular formula is C12H10F3O4-. The van der Waals surface area contributed by atoms with Crippen LogP contribution in [0.2, 0.25) is 0 Å². The van der Waals surface area contributed by atoms with E-state index in [0.29, 0.717) is 6.07 Å². The van der Waals surface area contributed by atoms with Crippen molar-refractivity contribution in [2.45, 2.75) is 25.9 Å². The van der Waals surface area contributed by atoms with Crippen molar-refractivity contribution >= 4 is 11.9 Å². The van der Waals surface area contributed by atoms with Crippen LogP contribution in [0.15, 0.2) is 18.2 Å². The van der Waals surface area contributed by atoms with Crippen LogP contribution >= 0.6 is 0 Å². The number of aliphatic carboxylic acids is 1. The first-order valence-corrected chi connectivity index (χ1v) is 5.28. The number of hydrogen-bond acceptors (Lipinski definition) is 4. The molecule has 0 radical (unpaired) electrons. The lowest BCUT2D eigenvalue weighted by atomic mass is 10.1. The topological polar surface area (TPSA) is 66.4 Å². The Hall–Kier alpha value is -2.05. The molecule has 0 amide bonds. The summed E-state index contributed by atoms with van der Waals surface area (Å²) in [5.74, 6) is -2.41. The maximum Gasteiger partial charge on any atom is 0.416 e. The average Bonchev–Trinajstić information content (AvgIpc) is 2.25. The van der Waals surface area contributed by atoms with Crippen molar-refractivity contribution in [1.29, 1.82) is 0 Å². The lowest BCUT2D eigenvalue weighted by Gasteiger charge is -2.13. The van der Waals surface area contributed by atoms with E-state index >= 15 is 0 Å². The Morgan fingerprint density at radius 2 is 1.95 bits per heavy atom. The third-order valence-electron chi connectivity index (χ3n) is 2.25. The number of carbonyl (C=O) groups excluding carboxylic acids is 2. The van der Waals surface area contributed by atoms with Crippen LogP contribution in [-0.4, -0.2) is 11.9 Å². The second kappa shape index (κ2) is 5.73. The number of rotatable bonds is 4. The number of carboxylic acid groups (broad SMARTS) is 1. The maximum atomic E-state index is 12.5. The molecule has 0 heterocycles. The van der Waals surface area contributed by atoms with Crippen molar-refractivity contribution in [2.75, 3.05) is 0 Å². The molecule has 0 aliphatic rings. The van der Waals surface area contributed by atoms with Crippen molar-refractivity contribution in [3.8, 4) is 5.75 Å². The molecule has 0 aromatic heterocycles. The molecule has 1 aromatic carbocycles. The van der Waals surface area contributed by atoms with Gasteiger partial charge in [-0.15, -0.1) is 0 Å². The highest BCUT2D eigenvalue weighted by molar-refractivity contribution is 5.70. The summed E-state index contributed by atoms with van der Waals surface area (Å²) >= 11 is 0. The normalized spacial score (nSPS) is 11.2. The number of hydrogen-bond donors (Lipinski definition) is 0. The van der Waals surface area contributed by atoms with E-state index in [1.807, 2.05) is 0 Å². The van der Waals surface area contributed by atoms with Crippen LogP contribution in [0, 0.1) is 0 Å². The van der Waals surface area contributed by atoms with Crippen molar-refractivity contribution in [3.05, 3.63) is 29.3 Å². The molecule has 0 aliphatic heterocycles. The molecule has 7 heteroatoms. The van der Waals surface area contributed by atoms with E-state index in [0.717, 1.165) is 19.1 Å². The molecule has 19 heavy (non-hydrogen) atoms. The number of benzene rings is 1. The highest BCUT2D eigenvalue weighted by Crippen LogP contribution is 2.33. The standard InChI is InChI=1S/C12H11F3O4/c1-7(16)19-10-6-9(12(13,14)15)4-2-8(10)3-5-11(17)18/h2,4,6H,3,5H2,1H3,(H,17,18)/p-1. The molecule has 0 saturated heterocycles. The Morgan fingerprint density at radius 3 is 2.42 bits per heavy atom. The van der Waals surface area contributed by atoms with E-state index in [9.17, 15) is 27.9 Å². The molecule has 0 bridgehead atoms. The molecule has 0 unspecified atom stereocenters. The molecule has 1 rings (SSSR count). The Kier molecular flexibility index (Phi) is 4.52. The largest absolute Gasteiger partial charge is 0.550 e. The quantitative estimate of drug-likeness (QED) is 0.614. The number of ether oxygens (including phenoxy) is 1. The number of halogens is 3. The van der Waals surface area contributed by atoms with Crippen LogP contribution in [0.1, 0.15) is 24.5 Å². The Bertz CT molecular complexity index is 494. The zero-order valence-electron chi connectivity index (χ0n) is 9.91. The zero-order chi connectivity index (χ0) is 14.6. The number of esters is 1. The van der Waals surface area contributed by atoms with Crippen LogP contribution in [0.25, 0.3) is 0 Å². The molecular weight excluding hydrogens is 265 g/mol. The van der Waals surface area contributed by atoms with Crippen molar-refractivity contribution < 1.29 is 32.6 Å². The van der Waals surface area contributed by atoms with E-state index < -0.39 is 23.7 Å². The smallest absolute Gasteiger partial charge is 0.416 e. The van der Waals surface area contributed by atoms with Gasteiger partial charge < -0.3 is 14.6 Å². The van der Waals surface area contributed by atoms with Crippen molar-refractivity contribution in [3.63, 3.8) is 0 Å². The first-order valence-electron chi connectivity index (χ1n) is 5.28. The molecule has 0 saturated carbocycles. The van der Waals surface area contributed by atoms with Gasteiger partial charge in [-0.25, -0.2) is 0 Å². The summed E-state index contributed by atoms with van der Waals surface area (Å²) in [6.07, 6.45) is -5.02. The Morgan fingerprint density at radius 1 is 1.32 bits per heavy atom. The van der Waals surface area contributed by atoms with E-state index in [-0.39, 0.29) is 24.2 Å². The zero-order valence-corrected chi connectivity index (χ0v) is 9.91.